The number of benzene rings is 2. The lowest BCUT2D eigenvalue weighted by atomic mass is 10.0. The second kappa shape index (κ2) is 59.0. The number of rotatable bonds is 50. The molecule has 2 aromatic carbocycles. The van der Waals surface area contributed by atoms with Gasteiger partial charge in [-0.3, -0.25) is 82.8 Å². The maximum atomic E-state index is 15.5. The minimum Gasteiger partial charge on any atom is -0.549 e. The Balaban J connectivity index is 1.26. The monoisotopic (exact) mass is 1970 g/mol. The highest BCUT2D eigenvalue weighted by atomic mass is 32.1. The van der Waals surface area contributed by atoms with Gasteiger partial charge in [0.15, 0.2) is 5.11 Å². The fourth-order valence-corrected chi connectivity index (χ4v) is 17.0. The second-order valence-electron chi connectivity index (χ2n) is 34.1. The normalized spacial score (nSPS) is 17.8. The number of hydrogen-bond acceptors (Lipinski definition) is 43. The average molecular weight is 1970 g/mol. The largest absolute Gasteiger partial charge is 0.549 e. The van der Waals surface area contributed by atoms with Crippen molar-refractivity contribution in [3.63, 3.8) is 0 Å². The summed E-state index contributed by atoms with van der Waals surface area (Å²) in [6.07, 6.45) is 0.693. The van der Waals surface area contributed by atoms with E-state index in [4.69, 9.17) is 12.2 Å². The minimum atomic E-state index is -1.77. The molecule has 0 saturated carbocycles. The van der Waals surface area contributed by atoms with Gasteiger partial charge >= 0.3 is 0 Å². The number of hydrogen-bond donors (Lipinski definition) is 8. The molecule has 3 saturated heterocycles. The number of amides is 5. The van der Waals surface area contributed by atoms with Gasteiger partial charge in [0.25, 0.3) is 0 Å². The van der Waals surface area contributed by atoms with Crippen molar-refractivity contribution in [2.24, 2.45) is 0 Å². The highest BCUT2D eigenvalue weighted by Crippen LogP contribution is 2.22. The summed E-state index contributed by atoms with van der Waals surface area (Å²) in [4.78, 5) is 248. The maximum Gasteiger partial charge on any atom is 0.243 e. The van der Waals surface area contributed by atoms with Crippen molar-refractivity contribution in [2.75, 3.05) is 248 Å². The number of anilines is 1. The third kappa shape index (κ3) is 42.7. The van der Waals surface area contributed by atoms with E-state index in [9.17, 15) is 138 Å². The first-order valence-electron chi connectivity index (χ1n) is 45.3. The zero-order chi connectivity index (χ0) is 102. The average Bonchev–Trinajstić information content (AvgIpc) is 1.16. The third-order valence-corrected chi connectivity index (χ3v) is 24.2. The molecular weight excluding hydrogens is 1850 g/mol. The molecule has 6 atom stereocenters. The standard InChI is InChI=1S/C87H130N22O29S/c1-88-82(131)66(44-61-46-89-57-92-61)95-83(132)65(43-59-45-91-64-5-3-2-4-63(59)64)96-87(139)94-60-8-6-58(7-9-60)42-62(93-71(111)14-11-68(85(135)136)107-38-32-102(53-78(123)124)26-20-98(49-74(115)116)21-27-103(33-39-107)54-79(125)126)47-109(72(112)15-12-69(86(137)138)108-40-34-104(55-80(127)128)28-22-99(50-75(117)118)23-29-105(35-41-108)56-81(129)130)17-16-90-70(110)13-10-67(84(133)134)106-36-30-100(51-76(119)120)24-18-97(48-73(113)114)19-25-101(31-37-106)52-77(121)122/h2-9,45-46,57,62,65-69,91H,10-44,47-56H2,1H3,(H,88,131)(H,89,92)(H,90,110)(H,93,111)(H,95,132)(H,113,114)(H,115,116)(H,117,118)(H,119,120)(H,121,122)(H,123,124)(H,125,126)(H,127,128)(H,129,130)(H,133,134)(H,135,136)(H,137,138)(H2,94,96,139)/p-12/t62-,65-,66-,67-,68-,69-/m0/s1. The lowest BCUT2D eigenvalue weighted by molar-refractivity contribution is -0.313. The van der Waals surface area contributed by atoms with E-state index in [1.54, 1.807) is 30.5 Å². The number of aromatic amines is 2. The van der Waals surface area contributed by atoms with E-state index >= 15 is 4.79 Å². The van der Waals surface area contributed by atoms with E-state index < -0.39 is 254 Å². The van der Waals surface area contributed by atoms with Crippen LogP contribution in [0.25, 0.3) is 10.9 Å². The van der Waals surface area contributed by atoms with E-state index in [0.717, 1.165) is 15.8 Å². The first kappa shape index (κ1) is 113. The number of nitrogens with zero attached hydrogens (tertiary/aromatic N) is 14. The lowest BCUT2D eigenvalue weighted by Crippen LogP contribution is -2.55. The fraction of sp³-hybridized carbons (Fsp3) is 0.598. The van der Waals surface area contributed by atoms with Gasteiger partial charge in [0.05, 0.1) is 84.0 Å². The van der Waals surface area contributed by atoms with Crippen LogP contribution in [0.1, 0.15) is 55.3 Å². The van der Waals surface area contributed by atoms with E-state index in [0.29, 0.717) is 22.5 Å². The van der Waals surface area contributed by atoms with Crippen molar-refractivity contribution in [1.82, 2.24) is 105 Å². The molecular formula is C87H118N22O29S-12. The Bertz CT molecular complexity index is 4670. The zero-order valence-electron chi connectivity index (χ0n) is 77.1. The molecule has 7 rings (SSSR count). The molecule has 2 aromatic heterocycles. The number of para-hydroxylation sites is 1. The van der Waals surface area contributed by atoms with Crippen molar-refractivity contribution in [3.05, 3.63) is 84.1 Å². The van der Waals surface area contributed by atoms with E-state index in [1.165, 1.54) is 78.4 Å². The van der Waals surface area contributed by atoms with Crippen LogP contribution in [0.4, 0.5) is 5.69 Å². The Labute approximate surface area is 805 Å². The molecule has 51 nitrogen and oxygen atoms in total. The number of fused-ring (bicyclic) bond motifs is 1. The van der Waals surface area contributed by atoms with Gasteiger partial charge in [0.2, 0.25) is 29.5 Å². The van der Waals surface area contributed by atoms with E-state index in [2.05, 4.69) is 46.9 Å². The Hall–Kier alpha value is -12.6. The summed E-state index contributed by atoms with van der Waals surface area (Å²) in [6.45, 7) is -11.9. The summed E-state index contributed by atoms with van der Waals surface area (Å²) in [7, 11) is 1.40. The molecule has 768 valence electrons. The molecule has 5 amide bonds. The molecule has 4 aromatic rings. The second-order valence-corrected chi connectivity index (χ2v) is 34.5. The third-order valence-electron chi connectivity index (χ3n) is 24.0. The zero-order valence-corrected chi connectivity index (χ0v) is 78.0. The van der Waals surface area contributed by atoms with Crippen LogP contribution in [0.15, 0.2) is 67.3 Å². The first-order valence-corrected chi connectivity index (χ1v) is 45.7. The number of likely N-dealkylation sites (N-methyl/N-ethyl adjacent to an activating group) is 1. The predicted octanol–water partition coefficient (Wildman–Crippen LogP) is -21.7. The number of carboxylic acids is 12. The number of thiocarbonyl (C=S) groups is 1. The van der Waals surface area contributed by atoms with Gasteiger partial charge in [-0.1, -0.05) is 30.3 Å². The van der Waals surface area contributed by atoms with Crippen LogP contribution in [-0.2, 0) is 101 Å². The van der Waals surface area contributed by atoms with Crippen LogP contribution in [0.2, 0.25) is 0 Å². The quantitative estimate of drug-likeness (QED) is 0.0190. The molecule has 5 heterocycles. The number of H-pyrrole nitrogens is 2. The molecule has 52 heteroatoms. The SMILES string of the molecule is CNC(=O)[C@H](Cc1cnc[nH]1)NC(=O)[C@H](Cc1c[nH]c2ccccc12)NC(=S)Nc1ccc(C[C@@H](CN(CCNC(=O)CC[C@@H](C(=O)[O-])N2CCN(CC(=O)[O-])CCN(CC(=O)[O-])CCN(CC(=O)[O-])CC2)C(=O)CC[C@@H](C(=O)[O-])N2CCN(CC(=O)[O-])CCN(CC(=O)[O-])CCN(CC(=O)[O-])CC2)NC(=O)CC[C@@H](C(=O)[O-])N2CCN(CC(=O)[O-])CCN(CC(=O)[O-])CCN(CC(=O)[O-])CC2)cc1. The summed E-state index contributed by atoms with van der Waals surface area (Å²) < 4.78 is 0. The Kier molecular flexibility index (Phi) is 48.1. The van der Waals surface area contributed by atoms with Crippen molar-refractivity contribution in [3.8, 4) is 0 Å². The Morgan fingerprint density at radius 2 is 0.755 bits per heavy atom. The van der Waals surface area contributed by atoms with Gasteiger partial charge in [-0.05, 0) is 67.2 Å². The highest BCUT2D eigenvalue weighted by Gasteiger charge is 2.33. The number of carbonyl (C=O) groups is 17. The fourth-order valence-electron chi connectivity index (χ4n) is 16.8. The van der Waals surface area contributed by atoms with Gasteiger partial charge in [0.1, 0.15) is 12.1 Å². The van der Waals surface area contributed by atoms with Crippen LogP contribution in [0.3, 0.4) is 0 Å². The van der Waals surface area contributed by atoms with Crippen LogP contribution >= 0.6 is 12.2 Å². The van der Waals surface area contributed by atoms with Crippen molar-refractivity contribution in [2.45, 2.75) is 94.0 Å². The molecule has 8 N–H and O–H groups in total. The molecule has 3 fully saturated rings. The number of aromatic nitrogens is 3. The number of carbonyl (C=O) groups excluding carboxylic acids is 17. The summed E-state index contributed by atoms with van der Waals surface area (Å²) >= 11 is 5.85. The number of imidazole rings is 1. The van der Waals surface area contributed by atoms with E-state index in [1.807, 2.05) is 24.3 Å². The smallest absolute Gasteiger partial charge is 0.243 e. The van der Waals surface area contributed by atoms with Gasteiger partial charge in [0, 0.05) is 328 Å². The number of nitrogens with one attached hydrogen (secondary N) is 8. The van der Waals surface area contributed by atoms with Gasteiger partial charge < -0.3 is 166 Å². The summed E-state index contributed by atoms with van der Waals surface area (Å²) in [5.41, 5.74) is 2.67. The van der Waals surface area contributed by atoms with Crippen molar-refractivity contribution < 1.29 is 143 Å². The van der Waals surface area contributed by atoms with Gasteiger partial charge in [-0.25, -0.2) is 4.98 Å². The van der Waals surface area contributed by atoms with Gasteiger partial charge in [-0.15, -0.1) is 0 Å². The molecule has 0 spiro atoms. The first-order chi connectivity index (χ1) is 66.1. The molecule has 3 aliphatic heterocycles. The molecule has 0 unspecified atom stereocenters. The van der Waals surface area contributed by atoms with Crippen molar-refractivity contribution >= 4 is 135 Å². The van der Waals surface area contributed by atoms with E-state index in [-0.39, 0.29) is 181 Å². The number of aliphatic carboxylic acids is 12. The maximum absolute atomic E-state index is 15.5. The number of carboxylic acid groups (broad SMARTS) is 12. The predicted molar refractivity (Wildman–Crippen MR) is 467 cm³/mol. The summed E-state index contributed by atoms with van der Waals surface area (Å²) in [5, 5.41) is 166. The van der Waals surface area contributed by atoms with Crippen LogP contribution in [0, 0.1) is 0 Å². The van der Waals surface area contributed by atoms with Crippen LogP contribution in [-0.4, -0.2) is 464 Å². The summed E-state index contributed by atoms with van der Waals surface area (Å²) in [5.74, 6) is -22.8. The topological polar surface area (TPSA) is 726 Å². The molecule has 0 radical (unpaired) electrons. The minimum absolute atomic E-state index is 0.0196. The molecule has 0 bridgehead atoms. The van der Waals surface area contributed by atoms with Crippen LogP contribution in [0.5, 0.6) is 0 Å². The highest BCUT2D eigenvalue weighted by molar-refractivity contribution is 7.80. The van der Waals surface area contributed by atoms with Crippen molar-refractivity contribution in [1.29, 1.82) is 0 Å². The Morgan fingerprint density at radius 3 is 1.11 bits per heavy atom. The molecule has 0 aliphatic carbocycles. The molecule has 3 aliphatic rings. The lowest BCUT2D eigenvalue weighted by Gasteiger charge is -2.38. The molecule has 139 heavy (non-hydrogen) atoms. The Morgan fingerprint density at radius 1 is 0.403 bits per heavy atom. The van der Waals surface area contributed by atoms with Crippen LogP contribution < -0.4 is 93.2 Å². The van der Waals surface area contributed by atoms with Gasteiger partial charge in [-0.2, -0.15) is 0 Å². The summed E-state index contributed by atoms with van der Waals surface area (Å²) in [6, 6.07) is 4.90.